The minimum absolute atomic E-state index is 0.0245. The van der Waals surface area contributed by atoms with Crippen LogP contribution in [-0.2, 0) is 0 Å². The van der Waals surface area contributed by atoms with Gasteiger partial charge < -0.3 is 4.90 Å². The maximum absolute atomic E-state index is 13.1. The molecule has 1 aromatic carbocycles. The van der Waals surface area contributed by atoms with Gasteiger partial charge in [0.2, 0.25) is 0 Å². The predicted octanol–water partition coefficient (Wildman–Crippen LogP) is 1.78. The highest BCUT2D eigenvalue weighted by atomic mass is 19.2. The number of nitrogens with zero attached hydrogens (tertiary/aromatic N) is 2. The molecule has 0 bridgehead atoms. The van der Waals surface area contributed by atoms with Gasteiger partial charge in [-0.15, -0.1) is 0 Å². The van der Waals surface area contributed by atoms with Crippen LogP contribution < -0.4 is 5.43 Å². The molecule has 0 saturated carbocycles. The lowest BCUT2D eigenvalue weighted by Gasteiger charge is -2.34. The van der Waals surface area contributed by atoms with Gasteiger partial charge in [-0.25, -0.2) is 19.2 Å². The van der Waals surface area contributed by atoms with E-state index in [1.165, 1.54) is 12.1 Å². The van der Waals surface area contributed by atoms with E-state index in [-0.39, 0.29) is 6.04 Å². The van der Waals surface area contributed by atoms with Crippen molar-refractivity contribution in [2.24, 2.45) is 0 Å². The van der Waals surface area contributed by atoms with E-state index in [9.17, 15) is 8.78 Å². The number of likely N-dealkylation sites (N-methyl/N-ethyl adjacent to an activating group) is 1. The highest BCUT2D eigenvalue weighted by molar-refractivity contribution is 5.20. The van der Waals surface area contributed by atoms with Gasteiger partial charge in [-0.3, -0.25) is 0 Å². The van der Waals surface area contributed by atoms with Crippen LogP contribution in [0.5, 0.6) is 0 Å². The zero-order chi connectivity index (χ0) is 13.1. The average molecular weight is 255 g/mol. The number of piperazine rings is 1. The van der Waals surface area contributed by atoms with Crippen LogP contribution in [0.2, 0.25) is 0 Å². The molecule has 1 aromatic rings. The van der Waals surface area contributed by atoms with Gasteiger partial charge in [0.25, 0.3) is 0 Å². The van der Waals surface area contributed by atoms with E-state index in [1.807, 2.05) is 6.92 Å². The normalized spacial score (nSPS) is 20.0. The average Bonchev–Trinajstić information content (AvgIpc) is 2.35. The third-order valence-corrected chi connectivity index (χ3v) is 3.32. The Hall–Kier alpha value is -1.04. The van der Waals surface area contributed by atoms with Gasteiger partial charge in [0, 0.05) is 32.2 Å². The molecule has 0 radical (unpaired) electrons. The zero-order valence-electron chi connectivity index (χ0n) is 10.8. The van der Waals surface area contributed by atoms with Gasteiger partial charge in [0.15, 0.2) is 11.6 Å². The van der Waals surface area contributed by atoms with Gasteiger partial charge in [-0.1, -0.05) is 6.07 Å². The van der Waals surface area contributed by atoms with E-state index in [4.69, 9.17) is 0 Å². The van der Waals surface area contributed by atoms with Crippen molar-refractivity contribution < 1.29 is 8.78 Å². The quantitative estimate of drug-likeness (QED) is 0.888. The van der Waals surface area contributed by atoms with Crippen molar-refractivity contribution in [1.29, 1.82) is 0 Å². The van der Waals surface area contributed by atoms with Crippen LogP contribution in [0, 0.1) is 11.6 Å². The number of hydrogen-bond donors (Lipinski definition) is 1. The highest BCUT2D eigenvalue weighted by Gasteiger charge is 2.16. The monoisotopic (exact) mass is 255 g/mol. The number of hydrazine groups is 1. The van der Waals surface area contributed by atoms with E-state index in [2.05, 4.69) is 22.4 Å². The zero-order valence-corrected chi connectivity index (χ0v) is 10.8. The molecule has 1 aliphatic heterocycles. The summed E-state index contributed by atoms with van der Waals surface area (Å²) in [6, 6.07) is 4.02. The lowest BCUT2D eigenvalue weighted by atomic mass is 10.1. The molecule has 18 heavy (non-hydrogen) atoms. The molecule has 1 aliphatic rings. The first-order valence-corrected chi connectivity index (χ1v) is 6.21. The highest BCUT2D eigenvalue weighted by Crippen LogP contribution is 2.16. The van der Waals surface area contributed by atoms with Gasteiger partial charge >= 0.3 is 0 Å². The van der Waals surface area contributed by atoms with Gasteiger partial charge in [0.05, 0.1) is 0 Å². The Morgan fingerprint density at radius 1 is 1.11 bits per heavy atom. The van der Waals surface area contributed by atoms with Crippen molar-refractivity contribution >= 4 is 0 Å². The lowest BCUT2D eigenvalue weighted by Crippen LogP contribution is -2.51. The lowest BCUT2D eigenvalue weighted by molar-refractivity contribution is 0.0898. The summed E-state index contributed by atoms with van der Waals surface area (Å²) in [4.78, 5) is 2.26. The van der Waals surface area contributed by atoms with Gasteiger partial charge in [0.1, 0.15) is 0 Å². The number of rotatable bonds is 3. The van der Waals surface area contributed by atoms with Crippen LogP contribution in [0.4, 0.5) is 8.78 Å². The summed E-state index contributed by atoms with van der Waals surface area (Å²) in [6.45, 7) is 5.84. The first-order valence-electron chi connectivity index (χ1n) is 6.21. The second-order valence-electron chi connectivity index (χ2n) is 4.81. The molecule has 3 nitrogen and oxygen atoms in total. The van der Waals surface area contributed by atoms with Gasteiger partial charge in [-0.2, -0.15) is 0 Å². The third-order valence-electron chi connectivity index (χ3n) is 3.32. The molecule has 1 heterocycles. The minimum Gasteiger partial charge on any atom is -0.304 e. The van der Waals surface area contributed by atoms with Crippen LogP contribution in [0.1, 0.15) is 18.5 Å². The van der Waals surface area contributed by atoms with Crippen molar-refractivity contribution in [3.05, 3.63) is 35.4 Å². The molecule has 0 aromatic heterocycles. The molecule has 0 aliphatic carbocycles. The maximum Gasteiger partial charge on any atom is 0.159 e. The van der Waals surface area contributed by atoms with Crippen LogP contribution in [-0.4, -0.2) is 43.1 Å². The van der Waals surface area contributed by atoms with Crippen LogP contribution in [0.3, 0.4) is 0 Å². The molecule has 1 unspecified atom stereocenters. The SMILES string of the molecule is CC(NN1CCN(C)CC1)c1ccc(F)c(F)c1. The van der Waals surface area contributed by atoms with E-state index in [1.54, 1.807) is 6.07 Å². The molecule has 0 amide bonds. The Morgan fingerprint density at radius 2 is 1.78 bits per heavy atom. The molecular weight excluding hydrogens is 236 g/mol. The molecule has 0 spiro atoms. The minimum atomic E-state index is -0.800. The van der Waals surface area contributed by atoms with Crippen LogP contribution in [0.15, 0.2) is 18.2 Å². The van der Waals surface area contributed by atoms with Crippen LogP contribution >= 0.6 is 0 Å². The standard InChI is InChI=1S/C13H19F2N3/c1-10(11-3-4-12(14)13(15)9-11)16-18-7-5-17(2)6-8-18/h3-4,9-10,16H,5-8H2,1-2H3. The van der Waals surface area contributed by atoms with Crippen molar-refractivity contribution in [3.8, 4) is 0 Å². The number of halogens is 2. The molecular formula is C13H19F2N3. The Balaban J connectivity index is 1.94. The summed E-state index contributed by atoms with van der Waals surface area (Å²) < 4.78 is 26.0. The Kier molecular flexibility index (Phi) is 4.27. The Labute approximate surface area is 106 Å². The largest absolute Gasteiger partial charge is 0.304 e. The summed E-state index contributed by atoms with van der Waals surface area (Å²) in [7, 11) is 2.09. The fourth-order valence-electron chi connectivity index (χ4n) is 2.07. The van der Waals surface area contributed by atoms with Crippen molar-refractivity contribution in [1.82, 2.24) is 15.3 Å². The second-order valence-corrected chi connectivity index (χ2v) is 4.81. The summed E-state index contributed by atoms with van der Waals surface area (Å²) in [5.74, 6) is -1.59. The van der Waals surface area contributed by atoms with Crippen molar-refractivity contribution in [2.75, 3.05) is 33.2 Å². The molecule has 1 atom stereocenters. The number of nitrogens with one attached hydrogen (secondary N) is 1. The molecule has 1 N–H and O–H groups in total. The van der Waals surface area contributed by atoms with E-state index in [0.29, 0.717) is 0 Å². The maximum atomic E-state index is 13.1. The van der Waals surface area contributed by atoms with E-state index >= 15 is 0 Å². The molecule has 1 saturated heterocycles. The summed E-state index contributed by atoms with van der Waals surface area (Å²) in [5.41, 5.74) is 4.08. The first kappa shape index (κ1) is 13.4. The smallest absolute Gasteiger partial charge is 0.159 e. The molecule has 1 fully saturated rings. The topological polar surface area (TPSA) is 18.5 Å². The third kappa shape index (κ3) is 3.25. The summed E-state index contributed by atoms with van der Waals surface area (Å²) >= 11 is 0. The number of hydrogen-bond acceptors (Lipinski definition) is 3. The fourth-order valence-corrected chi connectivity index (χ4v) is 2.07. The van der Waals surface area contributed by atoms with Crippen LogP contribution in [0.25, 0.3) is 0 Å². The summed E-state index contributed by atoms with van der Waals surface area (Å²) in [6.07, 6.45) is 0. The fraction of sp³-hybridized carbons (Fsp3) is 0.538. The van der Waals surface area contributed by atoms with Gasteiger partial charge in [-0.05, 0) is 31.7 Å². The van der Waals surface area contributed by atoms with Crippen molar-refractivity contribution in [3.63, 3.8) is 0 Å². The second kappa shape index (κ2) is 5.73. The number of benzene rings is 1. The molecule has 5 heteroatoms. The van der Waals surface area contributed by atoms with Crippen molar-refractivity contribution in [2.45, 2.75) is 13.0 Å². The Bertz CT molecular complexity index is 403. The molecule has 2 rings (SSSR count). The first-order chi connectivity index (χ1) is 8.56. The van der Waals surface area contributed by atoms with E-state index in [0.717, 1.165) is 31.7 Å². The predicted molar refractivity (Wildman–Crippen MR) is 67.0 cm³/mol. The Morgan fingerprint density at radius 3 is 2.39 bits per heavy atom. The summed E-state index contributed by atoms with van der Waals surface area (Å²) in [5, 5.41) is 2.13. The van der Waals surface area contributed by atoms with E-state index < -0.39 is 11.6 Å². The molecule has 100 valence electrons.